The highest BCUT2D eigenvalue weighted by Gasteiger charge is 2.36. The highest BCUT2D eigenvalue weighted by molar-refractivity contribution is 8.01. The van der Waals surface area contributed by atoms with Crippen LogP contribution < -0.4 is 10.2 Å². The Labute approximate surface area is 258 Å². The van der Waals surface area contributed by atoms with Gasteiger partial charge in [-0.2, -0.15) is 5.26 Å². The van der Waals surface area contributed by atoms with Gasteiger partial charge in [0.1, 0.15) is 11.6 Å². The fraction of sp³-hybridized carbons (Fsp3) is 0.0312. The van der Waals surface area contributed by atoms with Gasteiger partial charge in [-0.3, -0.25) is 24.5 Å². The Hall–Kier alpha value is -5.64. The van der Waals surface area contributed by atoms with Gasteiger partial charge in [0.15, 0.2) is 4.34 Å². The van der Waals surface area contributed by atoms with E-state index >= 15 is 0 Å². The summed E-state index contributed by atoms with van der Waals surface area (Å²) < 4.78 is 1.21. The van der Waals surface area contributed by atoms with Crippen molar-refractivity contribution in [2.45, 2.75) is 16.2 Å². The maximum absolute atomic E-state index is 12.9. The number of imide groups is 1. The lowest BCUT2D eigenvalue weighted by Crippen LogP contribution is -2.29. The quantitative estimate of drug-likeness (QED) is 0.0675. The molecule has 0 aliphatic carbocycles. The zero-order valence-corrected chi connectivity index (χ0v) is 24.4. The van der Waals surface area contributed by atoms with E-state index in [-0.39, 0.29) is 11.3 Å². The topological polar surface area (TPSA) is 146 Å². The molecular weight excluding hydrogens is 599 g/mol. The van der Waals surface area contributed by atoms with Crippen LogP contribution in [0.4, 0.5) is 17.1 Å². The number of hydrogen-bond acceptors (Lipinski definition) is 9. The second kappa shape index (κ2) is 11.6. The van der Waals surface area contributed by atoms with Crippen LogP contribution in [-0.2, 0) is 4.79 Å². The third-order valence-electron chi connectivity index (χ3n) is 6.77. The monoisotopic (exact) mass is 617 g/mol. The summed E-state index contributed by atoms with van der Waals surface area (Å²) in [4.78, 5) is 56.0. The molecule has 0 saturated heterocycles. The molecule has 10 nitrogen and oxygen atoms in total. The highest BCUT2D eigenvalue weighted by Crippen LogP contribution is 2.40. The predicted molar refractivity (Wildman–Crippen MR) is 168 cm³/mol. The molecule has 0 radical (unpaired) electrons. The van der Waals surface area contributed by atoms with Gasteiger partial charge in [0.25, 0.3) is 23.4 Å². The fourth-order valence-electron chi connectivity index (χ4n) is 4.60. The number of aryl methyl sites for hydroxylation is 1. The van der Waals surface area contributed by atoms with Crippen molar-refractivity contribution < 1.29 is 19.3 Å². The Morgan fingerprint density at radius 1 is 1.02 bits per heavy atom. The number of nitro benzene ring substituents is 1. The summed E-state index contributed by atoms with van der Waals surface area (Å²) in [5.41, 5.74) is 3.13. The molecule has 214 valence electrons. The first kappa shape index (κ1) is 28.5. The molecule has 0 spiro atoms. The first-order valence-electron chi connectivity index (χ1n) is 13.1. The summed E-state index contributed by atoms with van der Waals surface area (Å²) in [5, 5.41) is 24.2. The van der Waals surface area contributed by atoms with Crippen molar-refractivity contribution in [3.63, 3.8) is 0 Å². The zero-order chi connectivity index (χ0) is 31.0. The number of carbonyl (C=O) groups is 3. The molecule has 2 heterocycles. The first-order valence-corrected chi connectivity index (χ1v) is 14.7. The highest BCUT2D eigenvalue weighted by atomic mass is 32.2. The number of carbonyl (C=O) groups excluding carboxylic acids is 3. The van der Waals surface area contributed by atoms with Gasteiger partial charge >= 0.3 is 0 Å². The second-order valence-corrected chi connectivity index (χ2v) is 12.0. The maximum atomic E-state index is 12.9. The molecule has 1 aliphatic rings. The molecule has 1 N–H and O–H groups in total. The Kier molecular flexibility index (Phi) is 7.48. The minimum atomic E-state index is -0.632. The first-order chi connectivity index (χ1) is 21.2. The second-order valence-electron chi connectivity index (χ2n) is 9.70. The van der Waals surface area contributed by atoms with Crippen LogP contribution in [0.3, 0.4) is 0 Å². The van der Waals surface area contributed by atoms with E-state index in [1.807, 2.05) is 25.1 Å². The molecule has 12 heteroatoms. The lowest BCUT2D eigenvalue weighted by Gasteiger charge is -2.13. The van der Waals surface area contributed by atoms with Gasteiger partial charge in [-0.1, -0.05) is 47.7 Å². The number of nitriles is 1. The van der Waals surface area contributed by atoms with Gasteiger partial charge in [-0.15, -0.1) is 11.3 Å². The number of nitrogens with zero attached hydrogens (tertiary/aromatic N) is 4. The number of anilines is 2. The molecule has 0 unspecified atom stereocenters. The number of rotatable bonds is 7. The van der Waals surface area contributed by atoms with Gasteiger partial charge in [0.2, 0.25) is 0 Å². The van der Waals surface area contributed by atoms with Crippen LogP contribution in [0.15, 0.2) is 99.7 Å². The molecule has 1 aromatic heterocycles. The van der Waals surface area contributed by atoms with Gasteiger partial charge in [-0.25, -0.2) is 9.88 Å². The van der Waals surface area contributed by atoms with Crippen molar-refractivity contribution in [1.29, 1.82) is 5.26 Å². The van der Waals surface area contributed by atoms with Crippen LogP contribution in [0, 0.1) is 28.4 Å². The largest absolute Gasteiger partial charge is 0.321 e. The standard InChI is InChI=1S/C32H19N5O5S2/c1-18-6-9-21(10-7-18)34-29(38)20(17-33)14-19-8-13-27(26(15-19)37(41)42)43-32-35-25-12-11-22(16-28(25)44-32)36-30(39)23-4-2-3-5-24(23)31(36)40/h2-16H,1H3,(H,34,38)/b20-14+. The molecular formula is C32H19N5O5S2. The van der Waals surface area contributed by atoms with Crippen molar-refractivity contribution in [3.8, 4) is 6.07 Å². The number of benzene rings is 4. The summed E-state index contributed by atoms with van der Waals surface area (Å²) in [6.07, 6.45) is 1.30. The minimum absolute atomic E-state index is 0.208. The molecule has 6 rings (SSSR count). The van der Waals surface area contributed by atoms with E-state index < -0.39 is 22.6 Å². The number of thiazole rings is 1. The van der Waals surface area contributed by atoms with E-state index in [1.165, 1.54) is 29.5 Å². The van der Waals surface area contributed by atoms with Crippen LogP contribution in [0.5, 0.6) is 0 Å². The number of fused-ring (bicyclic) bond motifs is 2. The number of nitro groups is 1. The third-order valence-corrected chi connectivity index (χ3v) is 8.91. The fourth-order valence-corrected chi connectivity index (χ4v) is 6.74. The average Bonchev–Trinajstić information content (AvgIpc) is 3.54. The Bertz CT molecular complexity index is 2060. The molecule has 0 bridgehead atoms. The van der Waals surface area contributed by atoms with E-state index in [1.54, 1.807) is 60.7 Å². The molecule has 1 aliphatic heterocycles. The summed E-state index contributed by atoms with van der Waals surface area (Å²) >= 11 is 2.36. The van der Waals surface area contributed by atoms with Crippen LogP contribution >= 0.6 is 23.1 Å². The van der Waals surface area contributed by atoms with Crippen LogP contribution in [0.25, 0.3) is 16.3 Å². The van der Waals surface area contributed by atoms with E-state index in [0.717, 1.165) is 22.2 Å². The predicted octanol–water partition coefficient (Wildman–Crippen LogP) is 7.01. The summed E-state index contributed by atoms with van der Waals surface area (Å²) in [7, 11) is 0. The van der Waals surface area contributed by atoms with E-state index in [0.29, 0.717) is 47.5 Å². The van der Waals surface area contributed by atoms with Gasteiger partial charge < -0.3 is 5.32 Å². The van der Waals surface area contributed by atoms with Crippen LogP contribution in [0.1, 0.15) is 31.8 Å². The van der Waals surface area contributed by atoms with Crippen molar-refractivity contribution in [1.82, 2.24) is 4.98 Å². The van der Waals surface area contributed by atoms with Crippen molar-refractivity contribution in [3.05, 3.63) is 123 Å². The van der Waals surface area contributed by atoms with Crippen LogP contribution in [-0.4, -0.2) is 27.6 Å². The average molecular weight is 618 g/mol. The molecule has 0 saturated carbocycles. The number of nitrogens with one attached hydrogen (secondary N) is 1. The SMILES string of the molecule is Cc1ccc(NC(=O)/C(C#N)=C/c2ccc(Sc3nc4ccc(N5C(=O)c6ccccc6C5=O)cc4s3)c([N+](=O)[O-])c2)cc1. The van der Waals surface area contributed by atoms with Gasteiger partial charge in [0.05, 0.1) is 36.8 Å². The molecule has 5 aromatic rings. The molecule has 44 heavy (non-hydrogen) atoms. The number of aromatic nitrogens is 1. The maximum Gasteiger partial charge on any atom is 0.283 e. The van der Waals surface area contributed by atoms with Crippen molar-refractivity contribution in [2.75, 3.05) is 10.2 Å². The molecule has 0 fully saturated rings. The summed E-state index contributed by atoms with van der Waals surface area (Å²) in [6.45, 7) is 1.91. The Balaban J connectivity index is 1.24. The Morgan fingerprint density at radius 2 is 1.73 bits per heavy atom. The van der Waals surface area contributed by atoms with Gasteiger partial charge in [-0.05, 0) is 67.1 Å². The third kappa shape index (κ3) is 5.45. The van der Waals surface area contributed by atoms with Crippen molar-refractivity contribution in [2.24, 2.45) is 0 Å². The normalized spacial score (nSPS) is 12.7. The zero-order valence-electron chi connectivity index (χ0n) is 22.8. The summed E-state index contributed by atoms with van der Waals surface area (Å²) in [5.74, 6) is -1.44. The minimum Gasteiger partial charge on any atom is -0.321 e. The van der Waals surface area contributed by atoms with E-state index in [4.69, 9.17) is 0 Å². The summed E-state index contributed by atoms with van der Waals surface area (Å²) in [6, 6.07) is 25.0. The van der Waals surface area contributed by atoms with Crippen LogP contribution in [0.2, 0.25) is 0 Å². The van der Waals surface area contributed by atoms with E-state index in [9.17, 15) is 29.8 Å². The van der Waals surface area contributed by atoms with Gasteiger partial charge in [0, 0.05) is 11.8 Å². The molecule has 0 atom stereocenters. The number of hydrogen-bond donors (Lipinski definition) is 1. The lowest BCUT2D eigenvalue weighted by atomic mass is 10.1. The van der Waals surface area contributed by atoms with Crippen molar-refractivity contribution >= 4 is 74.2 Å². The molecule has 4 aromatic carbocycles. The van der Waals surface area contributed by atoms with E-state index in [2.05, 4.69) is 10.3 Å². The number of amides is 3. The lowest BCUT2D eigenvalue weighted by molar-refractivity contribution is -0.387. The Morgan fingerprint density at radius 3 is 2.39 bits per heavy atom. The molecule has 3 amide bonds. The smallest absolute Gasteiger partial charge is 0.283 e.